The van der Waals surface area contributed by atoms with E-state index in [1.54, 1.807) is 31.4 Å². The summed E-state index contributed by atoms with van der Waals surface area (Å²) in [5, 5.41) is 6.05. The molecule has 1 saturated heterocycles. The summed E-state index contributed by atoms with van der Waals surface area (Å²) in [7, 11) is -2.32. The second-order valence-corrected chi connectivity index (χ2v) is 10.9. The first kappa shape index (κ1) is 25.1. The molecular formula is C25H30FN3O5S. The lowest BCUT2D eigenvalue weighted by molar-refractivity contribution is -0.125. The highest BCUT2D eigenvalue weighted by atomic mass is 32.2. The van der Waals surface area contributed by atoms with Crippen LogP contribution < -0.4 is 15.4 Å². The van der Waals surface area contributed by atoms with Crippen LogP contribution in [0.25, 0.3) is 0 Å². The third kappa shape index (κ3) is 5.82. The number of amides is 2. The molecule has 2 fully saturated rings. The van der Waals surface area contributed by atoms with Gasteiger partial charge in [-0.15, -0.1) is 0 Å². The number of ether oxygens (including phenoxy) is 1. The van der Waals surface area contributed by atoms with Gasteiger partial charge in [0, 0.05) is 24.2 Å². The summed E-state index contributed by atoms with van der Waals surface area (Å²) in [5.41, 5.74) is 0.560. The van der Waals surface area contributed by atoms with Gasteiger partial charge in [-0.2, -0.15) is 4.31 Å². The van der Waals surface area contributed by atoms with Crippen molar-refractivity contribution < 1.29 is 27.1 Å². The number of nitrogens with one attached hydrogen (secondary N) is 2. The van der Waals surface area contributed by atoms with Crippen molar-refractivity contribution in [2.24, 2.45) is 0 Å². The van der Waals surface area contributed by atoms with E-state index in [0.717, 1.165) is 25.0 Å². The van der Waals surface area contributed by atoms with Crippen LogP contribution >= 0.6 is 0 Å². The van der Waals surface area contributed by atoms with Gasteiger partial charge in [0.1, 0.15) is 17.6 Å². The Morgan fingerprint density at radius 1 is 0.914 bits per heavy atom. The van der Waals surface area contributed by atoms with Gasteiger partial charge in [0.05, 0.1) is 12.0 Å². The first-order chi connectivity index (χ1) is 16.8. The summed E-state index contributed by atoms with van der Waals surface area (Å²) in [5.74, 6) is -0.286. The third-order valence-corrected chi connectivity index (χ3v) is 8.61. The highest BCUT2D eigenvalue weighted by Gasteiger charge is 2.40. The van der Waals surface area contributed by atoms with Crippen LogP contribution in [0.2, 0.25) is 0 Å². The molecule has 1 aliphatic heterocycles. The number of halogens is 1. The number of hydrogen-bond acceptors (Lipinski definition) is 5. The van der Waals surface area contributed by atoms with Crippen molar-refractivity contribution in [3.05, 3.63) is 59.9 Å². The van der Waals surface area contributed by atoms with Crippen molar-refractivity contribution >= 4 is 21.8 Å². The minimum atomic E-state index is -3.89. The van der Waals surface area contributed by atoms with Crippen LogP contribution in [0.15, 0.2) is 53.4 Å². The molecule has 2 aromatic carbocycles. The summed E-state index contributed by atoms with van der Waals surface area (Å²) >= 11 is 0. The molecule has 2 aliphatic rings. The van der Waals surface area contributed by atoms with E-state index >= 15 is 0 Å². The molecule has 8 nitrogen and oxygen atoms in total. The van der Waals surface area contributed by atoms with Gasteiger partial charge in [0.2, 0.25) is 15.9 Å². The number of carbonyl (C=O) groups is 2. The van der Waals surface area contributed by atoms with Crippen LogP contribution in [0.3, 0.4) is 0 Å². The minimum absolute atomic E-state index is 0.0135. The Morgan fingerprint density at radius 2 is 1.51 bits per heavy atom. The number of hydrogen-bond donors (Lipinski definition) is 2. The Labute approximate surface area is 204 Å². The molecule has 188 valence electrons. The van der Waals surface area contributed by atoms with Gasteiger partial charge in [0.25, 0.3) is 5.91 Å². The molecule has 2 amide bonds. The normalized spacial score (nSPS) is 23.0. The van der Waals surface area contributed by atoms with Crippen LogP contribution in [0.1, 0.15) is 48.9 Å². The summed E-state index contributed by atoms with van der Waals surface area (Å²) in [6, 6.07) is 10.7. The maximum absolute atomic E-state index is 13.2. The maximum Gasteiger partial charge on any atom is 0.251 e. The van der Waals surface area contributed by atoms with Crippen molar-refractivity contribution in [3.63, 3.8) is 0 Å². The molecule has 0 radical (unpaired) electrons. The summed E-state index contributed by atoms with van der Waals surface area (Å²) in [4.78, 5) is 25.5. The van der Waals surface area contributed by atoms with E-state index in [2.05, 4.69) is 10.6 Å². The topological polar surface area (TPSA) is 105 Å². The average molecular weight is 504 g/mol. The van der Waals surface area contributed by atoms with Gasteiger partial charge in [-0.05, 0) is 87.1 Å². The van der Waals surface area contributed by atoms with Crippen molar-refractivity contribution in [1.29, 1.82) is 0 Å². The predicted molar refractivity (Wildman–Crippen MR) is 128 cm³/mol. The second kappa shape index (κ2) is 10.7. The first-order valence-corrected chi connectivity index (χ1v) is 13.2. The molecule has 0 aromatic heterocycles. The van der Waals surface area contributed by atoms with Crippen molar-refractivity contribution in [2.75, 3.05) is 13.7 Å². The van der Waals surface area contributed by atoms with Gasteiger partial charge in [-0.3, -0.25) is 9.59 Å². The maximum atomic E-state index is 13.2. The number of benzene rings is 2. The molecule has 10 heteroatoms. The average Bonchev–Trinajstić information content (AvgIpc) is 3.37. The highest BCUT2D eigenvalue weighted by Crippen LogP contribution is 2.27. The van der Waals surface area contributed by atoms with Gasteiger partial charge in [-0.25, -0.2) is 12.8 Å². The lowest BCUT2D eigenvalue weighted by Gasteiger charge is -2.31. The number of sulfonamides is 1. The minimum Gasteiger partial charge on any atom is -0.497 e. The molecule has 1 saturated carbocycles. The molecule has 0 unspecified atom stereocenters. The van der Waals surface area contributed by atoms with Crippen LogP contribution in [-0.4, -0.2) is 56.3 Å². The van der Waals surface area contributed by atoms with E-state index in [-0.39, 0.29) is 35.3 Å². The predicted octanol–water partition coefficient (Wildman–Crippen LogP) is 2.84. The molecule has 4 rings (SSSR count). The van der Waals surface area contributed by atoms with Crippen LogP contribution in [0, 0.1) is 5.82 Å². The van der Waals surface area contributed by atoms with E-state index < -0.39 is 21.9 Å². The highest BCUT2D eigenvalue weighted by molar-refractivity contribution is 7.89. The van der Waals surface area contributed by atoms with Crippen molar-refractivity contribution in [2.45, 2.75) is 61.5 Å². The van der Waals surface area contributed by atoms with Gasteiger partial charge in [0.15, 0.2) is 0 Å². The zero-order valence-electron chi connectivity index (χ0n) is 19.6. The SMILES string of the molecule is COc1ccc(C(=O)NC2CCC(NC(=O)[C@H]3CCCN3S(=O)(=O)c3ccc(F)cc3)CC2)cc1. The van der Waals surface area contributed by atoms with Crippen molar-refractivity contribution in [1.82, 2.24) is 14.9 Å². The van der Waals surface area contributed by atoms with Crippen LogP contribution in [-0.2, 0) is 14.8 Å². The fourth-order valence-electron chi connectivity index (χ4n) is 4.72. The lowest BCUT2D eigenvalue weighted by atomic mass is 9.90. The van der Waals surface area contributed by atoms with Crippen molar-refractivity contribution in [3.8, 4) is 5.75 Å². The van der Waals surface area contributed by atoms with Gasteiger partial charge in [-0.1, -0.05) is 0 Å². The summed E-state index contributed by atoms with van der Waals surface area (Å²) < 4.78 is 45.6. The van der Waals surface area contributed by atoms with E-state index in [1.807, 2.05) is 0 Å². The zero-order valence-corrected chi connectivity index (χ0v) is 20.4. The fourth-order valence-corrected chi connectivity index (χ4v) is 6.38. The number of nitrogens with zero attached hydrogens (tertiary/aromatic N) is 1. The molecule has 1 aliphatic carbocycles. The second-order valence-electron chi connectivity index (χ2n) is 8.99. The Kier molecular flexibility index (Phi) is 7.71. The van der Waals surface area contributed by atoms with E-state index in [9.17, 15) is 22.4 Å². The van der Waals surface area contributed by atoms with Crippen LogP contribution in [0.5, 0.6) is 5.75 Å². The Balaban J connectivity index is 1.29. The molecule has 2 N–H and O–H groups in total. The molecule has 0 bridgehead atoms. The van der Waals surface area contributed by atoms with Gasteiger partial charge >= 0.3 is 0 Å². The summed E-state index contributed by atoms with van der Waals surface area (Å²) in [6.45, 7) is 0.252. The molecule has 2 aromatic rings. The monoisotopic (exact) mass is 503 g/mol. The lowest BCUT2D eigenvalue weighted by Crippen LogP contribution is -2.50. The number of rotatable bonds is 7. The molecular weight excluding hydrogens is 473 g/mol. The third-order valence-electron chi connectivity index (χ3n) is 6.69. The summed E-state index contributed by atoms with van der Waals surface area (Å²) in [6.07, 6.45) is 3.85. The Morgan fingerprint density at radius 3 is 2.11 bits per heavy atom. The molecule has 1 atom stereocenters. The van der Waals surface area contributed by atoms with E-state index in [1.165, 1.54) is 16.4 Å². The van der Waals surface area contributed by atoms with Gasteiger partial charge < -0.3 is 15.4 Å². The molecule has 1 heterocycles. The quantitative estimate of drug-likeness (QED) is 0.605. The number of carbonyl (C=O) groups excluding carboxylic acids is 2. The Bertz CT molecular complexity index is 1150. The fraction of sp³-hybridized carbons (Fsp3) is 0.440. The molecule has 0 spiro atoms. The Hall–Kier alpha value is -2.98. The smallest absolute Gasteiger partial charge is 0.251 e. The standard InChI is InChI=1S/C25H30FN3O5S/c1-34-21-12-4-17(5-13-21)24(30)27-19-8-10-20(11-9-19)28-25(31)23-3-2-16-29(23)35(32,33)22-14-6-18(26)7-15-22/h4-7,12-15,19-20,23H,2-3,8-11,16H2,1H3,(H,27,30)(H,28,31)/t19?,20?,23-/m1/s1. The van der Waals surface area contributed by atoms with E-state index in [4.69, 9.17) is 4.74 Å². The van der Waals surface area contributed by atoms with E-state index in [0.29, 0.717) is 37.0 Å². The zero-order chi connectivity index (χ0) is 25.0. The number of methoxy groups -OCH3 is 1. The largest absolute Gasteiger partial charge is 0.497 e. The first-order valence-electron chi connectivity index (χ1n) is 11.8. The van der Waals surface area contributed by atoms with Crippen LogP contribution in [0.4, 0.5) is 4.39 Å². The molecule has 35 heavy (non-hydrogen) atoms.